The van der Waals surface area contributed by atoms with Gasteiger partial charge in [0.2, 0.25) is 0 Å². The van der Waals surface area contributed by atoms with Crippen LogP contribution in [0.4, 0.5) is 6.01 Å². The van der Waals surface area contributed by atoms with Crippen molar-refractivity contribution in [1.29, 1.82) is 5.41 Å². The van der Waals surface area contributed by atoms with Crippen molar-refractivity contribution in [3.8, 4) is 0 Å². The van der Waals surface area contributed by atoms with E-state index in [9.17, 15) is 0 Å². The molecule has 0 spiro atoms. The number of hydrogen-bond donors (Lipinski definition) is 2. The number of oxazole rings is 1. The number of aromatic nitrogens is 2. The molecule has 3 N–H and O–H groups in total. The van der Waals surface area contributed by atoms with Crippen molar-refractivity contribution in [1.82, 2.24) is 9.97 Å². The Labute approximate surface area is 178 Å². The average Bonchev–Trinajstić information content (AvgIpc) is 3.19. The molecule has 6 heteroatoms. The highest BCUT2D eigenvalue weighted by molar-refractivity contribution is 6.11. The van der Waals surface area contributed by atoms with Gasteiger partial charge in [-0.3, -0.25) is 4.98 Å². The van der Waals surface area contributed by atoms with E-state index in [1.807, 2.05) is 72.8 Å². The zero-order chi connectivity index (χ0) is 21.2. The van der Waals surface area contributed by atoms with Gasteiger partial charge < -0.3 is 15.6 Å². The second kappa shape index (κ2) is 7.84. The van der Waals surface area contributed by atoms with Gasteiger partial charge >= 0.3 is 6.01 Å². The predicted molar refractivity (Wildman–Crippen MR) is 123 cm³/mol. The number of fused-ring (bicyclic) bond motifs is 2. The summed E-state index contributed by atoms with van der Waals surface area (Å²) in [6.45, 7) is 0. The summed E-state index contributed by atoms with van der Waals surface area (Å²) in [7, 11) is 0. The molecule has 0 atom stereocenters. The first kappa shape index (κ1) is 18.7. The van der Waals surface area contributed by atoms with Crippen molar-refractivity contribution in [3.63, 3.8) is 0 Å². The lowest BCUT2D eigenvalue weighted by Crippen LogP contribution is -2.18. The normalized spacial score (nSPS) is 11.8. The lowest BCUT2D eigenvalue weighted by Gasteiger charge is -2.10. The topological polar surface area (TPSA) is 101 Å². The van der Waals surface area contributed by atoms with E-state index >= 15 is 0 Å². The highest BCUT2D eigenvalue weighted by Gasteiger charge is 2.13. The maximum atomic E-state index is 8.58. The number of benzene rings is 3. The summed E-state index contributed by atoms with van der Waals surface area (Å²) in [6, 6.07) is 23.4. The highest BCUT2D eigenvalue weighted by atomic mass is 16.4. The van der Waals surface area contributed by atoms with E-state index in [-0.39, 0.29) is 11.9 Å². The lowest BCUT2D eigenvalue weighted by molar-refractivity contribution is 0.614. The van der Waals surface area contributed by atoms with Gasteiger partial charge in [-0.25, -0.2) is 0 Å². The van der Waals surface area contributed by atoms with E-state index in [0.29, 0.717) is 23.3 Å². The summed E-state index contributed by atoms with van der Waals surface area (Å²) in [5, 5.41) is 10.7. The number of pyridine rings is 1. The minimum Gasteiger partial charge on any atom is -0.422 e. The minimum absolute atomic E-state index is 0.193. The van der Waals surface area contributed by atoms with Gasteiger partial charge in [0.05, 0.1) is 0 Å². The van der Waals surface area contributed by atoms with Crippen LogP contribution >= 0.6 is 0 Å². The van der Waals surface area contributed by atoms with Crippen molar-refractivity contribution >= 4 is 39.4 Å². The van der Waals surface area contributed by atoms with Crippen LogP contribution in [0.15, 0.2) is 94.6 Å². The summed E-state index contributed by atoms with van der Waals surface area (Å²) in [6.07, 6.45) is 3.92. The number of hydrogen-bond acceptors (Lipinski definition) is 5. The number of aliphatic imine (C=N–C) groups is 1. The number of rotatable bonds is 5. The zero-order valence-electron chi connectivity index (χ0n) is 16.6. The molecule has 6 nitrogen and oxygen atoms in total. The van der Waals surface area contributed by atoms with E-state index in [2.05, 4.69) is 15.0 Å². The molecule has 2 heterocycles. The van der Waals surface area contributed by atoms with Gasteiger partial charge in [0.25, 0.3) is 0 Å². The minimum atomic E-state index is 0.193. The summed E-state index contributed by atoms with van der Waals surface area (Å²) in [4.78, 5) is 12.9. The van der Waals surface area contributed by atoms with Crippen molar-refractivity contribution in [2.24, 2.45) is 10.7 Å². The molecule has 150 valence electrons. The van der Waals surface area contributed by atoms with Gasteiger partial charge in [-0.2, -0.15) is 9.98 Å². The van der Waals surface area contributed by atoms with Gasteiger partial charge in [0, 0.05) is 35.7 Å². The van der Waals surface area contributed by atoms with Crippen LogP contribution in [-0.2, 0) is 6.42 Å². The molecule has 5 aromatic rings. The molecule has 0 saturated carbocycles. The fourth-order valence-electron chi connectivity index (χ4n) is 3.58. The Kier molecular flexibility index (Phi) is 4.72. The van der Waals surface area contributed by atoms with E-state index in [1.54, 1.807) is 12.4 Å². The third kappa shape index (κ3) is 3.79. The predicted octanol–water partition coefficient (Wildman–Crippen LogP) is 5.02. The molecule has 0 aliphatic carbocycles. The molecule has 0 radical (unpaired) electrons. The molecule has 0 aliphatic heterocycles. The van der Waals surface area contributed by atoms with Gasteiger partial charge in [-0.1, -0.05) is 48.5 Å². The van der Waals surface area contributed by atoms with Crippen LogP contribution < -0.4 is 5.73 Å². The van der Waals surface area contributed by atoms with Crippen LogP contribution in [0.5, 0.6) is 0 Å². The first-order chi connectivity index (χ1) is 15.2. The quantitative estimate of drug-likeness (QED) is 0.316. The molecule has 0 fully saturated rings. The number of amidine groups is 1. The average molecular weight is 405 g/mol. The molecule has 0 bridgehead atoms. The Balaban J connectivity index is 1.49. The van der Waals surface area contributed by atoms with E-state index in [1.165, 1.54) is 0 Å². The van der Waals surface area contributed by atoms with Crippen LogP contribution in [0.25, 0.3) is 21.9 Å². The Morgan fingerprint density at radius 2 is 1.58 bits per heavy atom. The van der Waals surface area contributed by atoms with Crippen LogP contribution in [0.1, 0.15) is 16.7 Å². The summed E-state index contributed by atoms with van der Waals surface area (Å²) in [5.74, 6) is 0.256. The third-order valence-corrected chi connectivity index (χ3v) is 5.12. The Morgan fingerprint density at radius 3 is 2.35 bits per heavy atom. The first-order valence-electron chi connectivity index (χ1n) is 9.87. The Hall–Kier alpha value is -4.32. The summed E-state index contributed by atoms with van der Waals surface area (Å²) >= 11 is 0. The summed E-state index contributed by atoms with van der Waals surface area (Å²) in [5.41, 5.74) is 10.6. The molecule has 3 aromatic carbocycles. The highest BCUT2D eigenvalue weighted by Crippen LogP contribution is 2.26. The monoisotopic (exact) mass is 405 g/mol. The molecule has 5 rings (SSSR count). The zero-order valence-corrected chi connectivity index (χ0v) is 16.6. The number of nitrogens with one attached hydrogen (secondary N) is 1. The van der Waals surface area contributed by atoms with E-state index < -0.39 is 0 Å². The number of nitrogens with zero attached hydrogens (tertiary/aromatic N) is 3. The van der Waals surface area contributed by atoms with Gasteiger partial charge in [0.1, 0.15) is 11.4 Å². The summed E-state index contributed by atoms with van der Waals surface area (Å²) < 4.78 is 5.83. The molecule has 31 heavy (non-hydrogen) atoms. The Bertz CT molecular complexity index is 1380. The maximum Gasteiger partial charge on any atom is 0.324 e. The van der Waals surface area contributed by atoms with Crippen LogP contribution in [0, 0.1) is 5.41 Å². The second-order valence-corrected chi connectivity index (χ2v) is 7.22. The molecule has 0 unspecified atom stereocenters. The first-order valence-corrected chi connectivity index (χ1v) is 9.87. The molecule has 0 amide bonds. The van der Waals surface area contributed by atoms with Crippen LogP contribution in [-0.4, -0.2) is 21.5 Å². The van der Waals surface area contributed by atoms with Crippen molar-refractivity contribution in [2.75, 3.05) is 0 Å². The third-order valence-electron chi connectivity index (χ3n) is 5.12. The van der Waals surface area contributed by atoms with Crippen molar-refractivity contribution < 1.29 is 4.42 Å². The Morgan fingerprint density at radius 1 is 0.903 bits per heavy atom. The maximum absolute atomic E-state index is 8.58. The van der Waals surface area contributed by atoms with Gasteiger partial charge in [-0.05, 0) is 40.6 Å². The van der Waals surface area contributed by atoms with Gasteiger partial charge in [0.15, 0.2) is 5.58 Å². The van der Waals surface area contributed by atoms with Crippen molar-refractivity contribution in [2.45, 2.75) is 6.42 Å². The van der Waals surface area contributed by atoms with Crippen LogP contribution in [0.3, 0.4) is 0 Å². The SMILES string of the molecule is N=C(Cc1ccncc1)c1ccccc1/C(N)=N/c1nc2cc3ccccc3cc2o1. The van der Waals surface area contributed by atoms with Crippen molar-refractivity contribution in [3.05, 3.63) is 102 Å². The molecule has 2 aromatic heterocycles. The molecular formula is C25H19N5O. The standard InChI is InChI=1S/C25H19N5O/c26-21(13-16-9-11-28-12-10-16)19-7-3-4-8-20(19)24(27)30-25-29-22-14-17-5-1-2-6-18(17)15-23(22)31-25/h1-12,14-15,26H,13H2,(H2,27,29,30). The fourth-order valence-corrected chi connectivity index (χ4v) is 3.58. The van der Waals surface area contributed by atoms with E-state index in [0.717, 1.165) is 27.4 Å². The van der Waals surface area contributed by atoms with E-state index in [4.69, 9.17) is 15.6 Å². The van der Waals surface area contributed by atoms with Crippen LogP contribution in [0.2, 0.25) is 0 Å². The molecule has 0 aliphatic rings. The molecular weight excluding hydrogens is 386 g/mol. The lowest BCUT2D eigenvalue weighted by atomic mass is 9.97. The fraction of sp³-hybridized carbons (Fsp3) is 0.0400. The molecule has 0 saturated heterocycles. The number of nitrogens with two attached hydrogens (primary N) is 1. The smallest absolute Gasteiger partial charge is 0.324 e. The van der Waals surface area contributed by atoms with Gasteiger partial charge in [-0.15, -0.1) is 0 Å². The second-order valence-electron chi connectivity index (χ2n) is 7.22. The largest absolute Gasteiger partial charge is 0.422 e.